The largest absolute Gasteiger partial charge is 0.381 e. The van der Waals surface area contributed by atoms with Gasteiger partial charge in [0, 0.05) is 19.2 Å². The monoisotopic (exact) mass is 212 g/mol. The number of carbonyl (C=O) groups excluding carboxylic acids is 1. The minimum atomic E-state index is 0.00135. The Balaban J connectivity index is 1.61. The second-order valence-corrected chi connectivity index (χ2v) is 4.63. The highest BCUT2D eigenvalue weighted by Gasteiger charge is 2.30. The fourth-order valence-electron chi connectivity index (χ4n) is 2.36. The first-order valence-corrected chi connectivity index (χ1v) is 5.87. The Morgan fingerprint density at radius 3 is 2.33 bits per heavy atom. The molecule has 15 heavy (non-hydrogen) atoms. The Morgan fingerprint density at radius 2 is 1.73 bits per heavy atom. The van der Waals surface area contributed by atoms with E-state index in [1.54, 1.807) is 7.11 Å². The number of amides is 2. The van der Waals surface area contributed by atoms with Crippen LogP contribution in [0.5, 0.6) is 0 Å². The Morgan fingerprint density at radius 1 is 1.13 bits per heavy atom. The van der Waals surface area contributed by atoms with Crippen molar-refractivity contribution in [2.24, 2.45) is 0 Å². The van der Waals surface area contributed by atoms with E-state index in [9.17, 15) is 4.79 Å². The molecule has 0 aromatic rings. The molecular formula is C11H20N2O2. The van der Waals surface area contributed by atoms with Crippen molar-refractivity contribution in [1.29, 1.82) is 0 Å². The number of urea groups is 1. The zero-order valence-corrected chi connectivity index (χ0v) is 9.29. The van der Waals surface area contributed by atoms with Crippen molar-refractivity contribution < 1.29 is 9.53 Å². The first-order chi connectivity index (χ1) is 7.28. The van der Waals surface area contributed by atoms with Crippen LogP contribution >= 0.6 is 0 Å². The molecule has 0 radical (unpaired) electrons. The Hall–Kier alpha value is -0.770. The molecule has 2 fully saturated rings. The van der Waals surface area contributed by atoms with Crippen molar-refractivity contribution in [1.82, 2.24) is 10.6 Å². The van der Waals surface area contributed by atoms with Gasteiger partial charge in [-0.1, -0.05) is 12.8 Å². The minimum Gasteiger partial charge on any atom is -0.381 e. The highest BCUT2D eigenvalue weighted by molar-refractivity contribution is 5.74. The van der Waals surface area contributed by atoms with Crippen molar-refractivity contribution in [3.63, 3.8) is 0 Å². The normalized spacial score (nSPS) is 31.0. The summed E-state index contributed by atoms with van der Waals surface area (Å²) in [6.07, 6.45) is 7.03. The highest BCUT2D eigenvalue weighted by atomic mass is 16.5. The molecule has 4 nitrogen and oxygen atoms in total. The molecule has 0 atom stereocenters. The molecule has 2 N–H and O–H groups in total. The van der Waals surface area contributed by atoms with Crippen LogP contribution in [0.2, 0.25) is 0 Å². The van der Waals surface area contributed by atoms with Gasteiger partial charge in [-0.25, -0.2) is 4.79 Å². The Kier molecular flexibility index (Phi) is 3.46. The SMILES string of the molecule is COC1CC(NC(=O)NC2CCCC2)C1. The van der Waals surface area contributed by atoms with Gasteiger partial charge in [0.2, 0.25) is 0 Å². The number of carbonyl (C=O) groups is 1. The molecule has 2 amide bonds. The number of nitrogens with one attached hydrogen (secondary N) is 2. The summed E-state index contributed by atoms with van der Waals surface area (Å²) in [5.41, 5.74) is 0. The second kappa shape index (κ2) is 4.84. The van der Waals surface area contributed by atoms with E-state index in [1.807, 2.05) is 0 Å². The average Bonchev–Trinajstić information content (AvgIpc) is 2.63. The van der Waals surface area contributed by atoms with E-state index in [0.717, 1.165) is 25.7 Å². The van der Waals surface area contributed by atoms with Crippen molar-refractivity contribution >= 4 is 6.03 Å². The standard InChI is InChI=1S/C11H20N2O2/c1-15-10-6-9(7-10)13-11(14)12-8-4-2-3-5-8/h8-10H,2-7H2,1H3,(H2,12,13,14). The summed E-state index contributed by atoms with van der Waals surface area (Å²) >= 11 is 0. The van der Waals surface area contributed by atoms with Crippen LogP contribution in [0.3, 0.4) is 0 Å². The van der Waals surface area contributed by atoms with Crippen LogP contribution in [-0.4, -0.2) is 31.3 Å². The van der Waals surface area contributed by atoms with Crippen LogP contribution < -0.4 is 10.6 Å². The van der Waals surface area contributed by atoms with Crippen molar-refractivity contribution in [2.75, 3.05) is 7.11 Å². The summed E-state index contributed by atoms with van der Waals surface area (Å²) < 4.78 is 5.16. The van der Waals surface area contributed by atoms with Crippen LogP contribution in [0.15, 0.2) is 0 Å². The van der Waals surface area contributed by atoms with Gasteiger partial charge in [0.15, 0.2) is 0 Å². The molecule has 0 aromatic carbocycles. The fraction of sp³-hybridized carbons (Fsp3) is 0.909. The summed E-state index contributed by atoms with van der Waals surface area (Å²) in [6.45, 7) is 0. The molecule has 0 saturated heterocycles. The number of hydrogen-bond donors (Lipinski definition) is 2. The maximum absolute atomic E-state index is 11.5. The van der Waals surface area contributed by atoms with Gasteiger partial charge in [-0.15, -0.1) is 0 Å². The highest BCUT2D eigenvalue weighted by Crippen LogP contribution is 2.22. The Bertz CT molecular complexity index is 221. The number of hydrogen-bond acceptors (Lipinski definition) is 2. The molecule has 86 valence electrons. The topological polar surface area (TPSA) is 50.4 Å². The van der Waals surface area contributed by atoms with Crippen molar-refractivity contribution in [3.8, 4) is 0 Å². The second-order valence-electron chi connectivity index (χ2n) is 4.63. The fourth-order valence-corrected chi connectivity index (χ4v) is 2.36. The third-order valence-electron chi connectivity index (χ3n) is 3.45. The maximum Gasteiger partial charge on any atom is 0.315 e. The lowest BCUT2D eigenvalue weighted by Crippen LogP contribution is -2.52. The average molecular weight is 212 g/mol. The van der Waals surface area contributed by atoms with Crippen LogP contribution in [0, 0.1) is 0 Å². The molecule has 4 heteroatoms. The minimum absolute atomic E-state index is 0.00135. The van der Waals surface area contributed by atoms with Gasteiger partial charge < -0.3 is 15.4 Å². The van der Waals surface area contributed by atoms with E-state index in [0.29, 0.717) is 18.2 Å². The molecular weight excluding hydrogens is 192 g/mol. The van der Waals surface area contributed by atoms with Crippen molar-refractivity contribution in [2.45, 2.75) is 56.7 Å². The molecule has 2 rings (SSSR count). The first-order valence-electron chi connectivity index (χ1n) is 5.87. The molecule has 2 aliphatic carbocycles. The quantitative estimate of drug-likeness (QED) is 0.743. The molecule has 2 saturated carbocycles. The smallest absolute Gasteiger partial charge is 0.315 e. The lowest BCUT2D eigenvalue weighted by Gasteiger charge is -2.34. The van der Waals surface area contributed by atoms with Gasteiger partial charge in [-0.3, -0.25) is 0 Å². The van der Waals surface area contributed by atoms with Crippen LogP contribution in [0.1, 0.15) is 38.5 Å². The van der Waals surface area contributed by atoms with Gasteiger partial charge in [0.25, 0.3) is 0 Å². The van der Waals surface area contributed by atoms with Crippen LogP contribution in [0.25, 0.3) is 0 Å². The van der Waals surface area contributed by atoms with E-state index in [-0.39, 0.29) is 6.03 Å². The zero-order chi connectivity index (χ0) is 10.7. The van der Waals surface area contributed by atoms with Gasteiger partial charge in [-0.05, 0) is 25.7 Å². The third-order valence-corrected chi connectivity index (χ3v) is 3.45. The zero-order valence-electron chi connectivity index (χ0n) is 9.29. The summed E-state index contributed by atoms with van der Waals surface area (Å²) in [6, 6.07) is 0.723. The molecule has 0 aliphatic heterocycles. The molecule has 0 unspecified atom stereocenters. The number of methoxy groups -OCH3 is 1. The molecule has 0 spiro atoms. The predicted octanol–water partition coefficient (Wildman–Crippen LogP) is 1.41. The maximum atomic E-state index is 11.5. The van der Waals surface area contributed by atoms with Gasteiger partial charge in [0.1, 0.15) is 0 Å². The van der Waals surface area contributed by atoms with Crippen LogP contribution in [-0.2, 0) is 4.74 Å². The number of ether oxygens (including phenoxy) is 1. The number of rotatable bonds is 3. The Labute approximate surface area is 90.8 Å². The van der Waals surface area contributed by atoms with Gasteiger partial charge in [-0.2, -0.15) is 0 Å². The van der Waals surface area contributed by atoms with E-state index < -0.39 is 0 Å². The van der Waals surface area contributed by atoms with E-state index in [4.69, 9.17) is 4.74 Å². The summed E-state index contributed by atoms with van der Waals surface area (Å²) in [4.78, 5) is 11.5. The summed E-state index contributed by atoms with van der Waals surface area (Å²) in [7, 11) is 1.72. The molecule has 0 aromatic heterocycles. The molecule has 0 heterocycles. The predicted molar refractivity (Wildman–Crippen MR) is 57.7 cm³/mol. The summed E-state index contributed by atoms with van der Waals surface area (Å²) in [5.74, 6) is 0. The van der Waals surface area contributed by atoms with E-state index in [1.165, 1.54) is 12.8 Å². The summed E-state index contributed by atoms with van der Waals surface area (Å²) in [5, 5.41) is 6.00. The molecule has 2 aliphatic rings. The van der Waals surface area contributed by atoms with E-state index in [2.05, 4.69) is 10.6 Å². The van der Waals surface area contributed by atoms with Crippen LogP contribution in [0.4, 0.5) is 4.79 Å². The lowest BCUT2D eigenvalue weighted by molar-refractivity contribution is 0.0205. The van der Waals surface area contributed by atoms with Gasteiger partial charge >= 0.3 is 6.03 Å². The first kappa shape index (κ1) is 10.7. The van der Waals surface area contributed by atoms with Gasteiger partial charge in [0.05, 0.1) is 6.10 Å². The molecule has 0 bridgehead atoms. The third kappa shape index (κ3) is 2.84. The lowest BCUT2D eigenvalue weighted by atomic mass is 9.89. The van der Waals surface area contributed by atoms with E-state index >= 15 is 0 Å². The van der Waals surface area contributed by atoms with Crippen molar-refractivity contribution in [3.05, 3.63) is 0 Å².